The van der Waals surface area contributed by atoms with Gasteiger partial charge in [-0.05, 0) is 48.0 Å². The number of hydrogen-bond acceptors (Lipinski definition) is 4. The lowest BCUT2D eigenvalue weighted by molar-refractivity contribution is 0.0955. The number of amides is 1. The van der Waals surface area contributed by atoms with Crippen molar-refractivity contribution in [1.82, 2.24) is 5.43 Å². The molecule has 0 aliphatic rings. The number of carbonyl (C=O) groups excluding carboxylic acids is 1. The van der Waals surface area contributed by atoms with Crippen LogP contribution in [0.5, 0.6) is 11.5 Å². The molecule has 0 saturated heterocycles. The quantitative estimate of drug-likeness (QED) is 0.425. The molecule has 0 spiro atoms. The Morgan fingerprint density at radius 1 is 1.07 bits per heavy atom. The van der Waals surface area contributed by atoms with Crippen LogP contribution in [-0.2, 0) is 6.61 Å². The molecule has 0 aliphatic heterocycles. The van der Waals surface area contributed by atoms with Crippen LogP contribution in [0.25, 0.3) is 0 Å². The number of hydrogen-bond donors (Lipinski definition) is 1. The summed E-state index contributed by atoms with van der Waals surface area (Å²) in [5, 5.41) is 4.01. The molecular formula is C22H19BrN2O3. The van der Waals surface area contributed by atoms with Crippen molar-refractivity contribution in [3.63, 3.8) is 0 Å². The summed E-state index contributed by atoms with van der Waals surface area (Å²) in [5.41, 5.74) is 4.84. The van der Waals surface area contributed by atoms with Crippen LogP contribution >= 0.6 is 15.9 Å². The van der Waals surface area contributed by atoms with Crippen LogP contribution in [0.15, 0.2) is 82.4 Å². The van der Waals surface area contributed by atoms with Gasteiger partial charge < -0.3 is 9.47 Å². The summed E-state index contributed by atoms with van der Waals surface area (Å²) in [7, 11) is 1.58. The summed E-state index contributed by atoms with van der Waals surface area (Å²) in [4.78, 5) is 12.2. The number of nitrogens with zero attached hydrogens (tertiary/aromatic N) is 1. The third-order valence-corrected chi connectivity index (χ3v) is 4.42. The lowest BCUT2D eigenvalue weighted by Gasteiger charge is -2.07. The first-order valence-corrected chi connectivity index (χ1v) is 9.39. The van der Waals surface area contributed by atoms with Crippen LogP contribution in [0.2, 0.25) is 0 Å². The first-order chi connectivity index (χ1) is 13.7. The van der Waals surface area contributed by atoms with Crippen molar-refractivity contribution in [2.24, 2.45) is 5.10 Å². The van der Waals surface area contributed by atoms with Crippen molar-refractivity contribution in [2.75, 3.05) is 7.11 Å². The molecule has 0 heterocycles. The number of benzene rings is 3. The van der Waals surface area contributed by atoms with Crippen molar-refractivity contribution in [1.29, 1.82) is 0 Å². The Labute approximate surface area is 172 Å². The van der Waals surface area contributed by atoms with Crippen molar-refractivity contribution >= 4 is 28.1 Å². The van der Waals surface area contributed by atoms with Gasteiger partial charge in [0.2, 0.25) is 0 Å². The molecular weight excluding hydrogens is 420 g/mol. The standard InChI is InChI=1S/C22H19BrN2O3/c1-27-21-12-9-19(23)13-18(21)14-24-25-22(26)17-7-10-20(11-8-17)28-15-16-5-3-2-4-6-16/h2-14H,15H2,1H3,(H,25,26). The van der Waals surface area contributed by atoms with Crippen molar-refractivity contribution in [3.8, 4) is 11.5 Å². The Kier molecular flexibility index (Phi) is 6.81. The fourth-order valence-electron chi connectivity index (χ4n) is 2.47. The maximum absolute atomic E-state index is 12.2. The topological polar surface area (TPSA) is 59.9 Å². The van der Waals surface area contributed by atoms with Crippen molar-refractivity contribution in [3.05, 3.63) is 94.0 Å². The summed E-state index contributed by atoms with van der Waals surface area (Å²) in [6.07, 6.45) is 1.54. The molecule has 3 rings (SSSR count). The van der Waals surface area contributed by atoms with Gasteiger partial charge in [0.25, 0.3) is 5.91 Å². The third-order valence-electron chi connectivity index (χ3n) is 3.93. The summed E-state index contributed by atoms with van der Waals surface area (Å²) in [6.45, 7) is 0.477. The molecule has 6 heteroatoms. The Bertz CT molecular complexity index is 957. The predicted octanol–water partition coefficient (Wildman–Crippen LogP) is 4.80. The monoisotopic (exact) mass is 438 g/mol. The summed E-state index contributed by atoms with van der Waals surface area (Å²) >= 11 is 3.40. The number of hydrazone groups is 1. The highest BCUT2D eigenvalue weighted by Crippen LogP contribution is 2.21. The Balaban J connectivity index is 1.57. The van der Waals surface area contributed by atoms with Crippen LogP contribution in [0.1, 0.15) is 21.5 Å². The highest BCUT2D eigenvalue weighted by Gasteiger charge is 2.05. The maximum atomic E-state index is 12.2. The highest BCUT2D eigenvalue weighted by atomic mass is 79.9. The van der Waals surface area contributed by atoms with E-state index in [9.17, 15) is 4.79 Å². The lowest BCUT2D eigenvalue weighted by Crippen LogP contribution is -2.17. The molecule has 1 amide bonds. The van der Waals surface area contributed by atoms with E-state index < -0.39 is 0 Å². The average molecular weight is 439 g/mol. The fraction of sp³-hybridized carbons (Fsp3) is 0.0909. The first kappa shape index (κ1) is 19.6. The summed E-state index contributed by atoms with van der Waals surface area (Å²) < 4.78 is 11.9. The number of methoxy groups -OCH3 is 1. The van der Waals surface area contributed by atoms with E-state index in [4.69, 9.17) is 9.47 Å². The molecule has 142 valence electrons. The number of halogens is 1. The van der Waals surface area contributed by atoms with E-state index >= 15 is 0 Å². The Morgan fingerprint density at radius 3 is 2.54 bits per heavy atom. The molecule has 5 nitrogen and oxygen atoms in total. The Morgan fingerprint density at radius 2 is 1.82 bits per heavy atom. The zero-order chi connectivity index (χ0) is 19.8. The zero-order valence-electron chi connectivity index (χ0n) is 15.3. The molecule has 28 heavy (non-hydrogen) atoms. The molecule has 0 unspecified atom stereocenters. The SMILES string of the molecule is COc1ccc(Br)cc1C=NNC(=O)c1ccc(OCc2ccccc2)cc1. The first-order valence-electron chi connectivity index (χ1n) is 8.59. The summed E-state index contributed by atoms with van der Waals surface area (Å²) in [6, 6.07) is 22.4. The van der Waals surface area contributed by atoms with Gasteiger partial charge in [-0.25, -0.2) is 5.43 Å². The smallest absolute Gasteiger partial charge is 0.271 e. The highest BCUT2D eigenvalue weighted by molar-refractivity contribution is 9.10. The number of nitrogens with one attached hydrogen (secondary N) is 1. The van der Waals surface area contributed by atoms with Gasteiger partial charge >= 0.3 is 0 Å². The van der Waals surface area contributed by atoms with E-state index in [0.717, 1.165) is 15.6 Å². The minimum atomic E-state index is -0.306. The van der Waals surface area contributed by atoms with Gasteiger partial charge in [0.1, 0.15) is 18.1 Å². The molecule has 0 aliphatic carbocycles. The zero-order valence-corrected chi connectivity index (χ0v) is 16.8. The molecule has 3 aromatic rings. The van der Waals surface area contributed by atoms with E-state index in [0.29, 0.717) is 23.7 Å². The van der Waals surface area contributed by atoms with Crippen LogP contribution < -0.4 is 14.9 Å². The third kappa shape index (κ3) is 5.44. The molecule has 1 N–H and O–H groups in total. The lowest BCUT2D eigenvalue weighted by atomic mass is 10.2. The second kappa shape index (κ2) is 9.71. The normalized spacial score (nSPS) is 10.6. The van der Waals surface area contributed by atoms with E-state index in [1.54, 1.807) is 37.6 Å². The van der Waals surface area contributed by atoms with Gasteiger partial charge in [-0.2, -0.15) is 5.10 Å². The molecule has 0 aromatic heterocycles. The second-order valence-electron chi connectivity index (χ2n) is 5.88. The molecule has 0 saturated carbocycles. The van der Waals surface area contributed by atoms with Crippen molar-refractivity contribution in [2.45, 2.75) is 6.61 Å². The Hall–Kier alpha value is -3.12. The van der Waals surface area contributed by atoms with E-state index in [1.807, 2.05) is 48.5 Å². The molecule has 0 atom stereocenters. The van der Waals surface area contributed by atoms with Crippen LogP contribution in [-0.4, -0.2) is 19.2 Å². The molecule has 3 aromatic carbocycles. The molecule has 0 fully saturated rings. The maximum Gasteiger partial charge on any atom is 0.271 e. The number of ether oxygens (including phenoxy) is 2. The average Bonchev–Trinajstić information content (AvgIpc) is 2.73. The fourth-order valence-corrected chi connectivity index (χ4v) is 2.85. The van der Waals surface area contributed by atoms with E-state index in [-0.39, 0.29) is 5.91 Å². The van der Waals surface area contributed by atoms with Gasteiger partial charge in [-0.3, -0.25) is 4.79 Å². The van der Waals surface area contributed by atoms with Gasteiger partial charge in [0, 0.05) is 15.6 Å². The predicted molar refractivity (Wildman–Crippen MR) is 113 cm³/mol. The number of carbonyl (C=O) groups is 1. The minimum absolute atomic E-state index is 0.306. The largest absolute Gasteiger partial charge is 0.496 e. The van der Waals surface area contributed by atoms with Crippen LogP contribution in [0.3, 0.4) is 0 Å². The van der Waals surface area contributed by atoms with Gasteiger partial charge in [0.15, 0.2) is 0 Å². The van der Waals surface area contributed by atoms with Crippen molar-refractivity contribution < 1.29 is 14.3 Å². The molecule has 0 radical (unpaired) electrons. The number of rotatable bonds is 7. The van der Waals surface area contributed by atoms with Crippen LogP contribution in [0, 0.1) is 0 Å². The van der Waals surface area contributed by atoms with Gasteiger partial charge in [0.05, 0.1) is 13.3 Å². The van der Waals surface area contributed by atoms with E-state index in [1.165, 1.54) is 0 Å². The summed E-state index contributed by atoms with van der Waals surface area (Å²) in [5.74, 6) is 1.06. The van der Waals surface area contributed by atoms with Gasteiger partial charge in [-0.15, -0.1) is 0 Å². The molecule has 0 bridgehead atoms. The van der Waals surface area contributed by atoms with Crippen LogP contribution in [0.4, 0.5) is 0 Å². The minimum Gasteiger partial charge on any atom is -0.496 e. The van der Waals surface area contributed by atoms with E-state index in [2.05, 4.69) is 26.5 Å². The second-order valence-corrected chi connectivity index (χ2v) is 6.80. The van der Waals surface area contributed by atoms with Gasteiger partial charge in [-0.1, -0.05) is 46.3 Å².